The minimum Gasteiger partial charge on any atom is -0.462 e. The summed E-state index contributed by atoms with van der Waals surface area (Å²) in [7, 11) is 0. The van der Waals surface area contributed by atoms with Crippen molar-refractivity contribution in [3.05, 3.63) is 36.5 Å². The quantitative estimate of drug-likeness (QED) is 0.0261. The van der Waals surface area contributed by atoms with Crippen LogP contribution in [0.5, 0.6) is 0 Å². The van der Waals surface area contributed by atoms with Crippen LogP contribution in [-0.2, 0) is 28.6 Å². The molecule has 0 aliphatic carbocycles. The molecule has 6 heteroatoms. The maximum absolute atomic E-state index is 12.9. The van der Waals surface area contributed by atoms with Gasteiger partial charge in [-0.1, -0.05) is 327 Å². The van der Waals surface area contributed by atoms with Gasteiger partial charge in [-0.05, 0) is 77.0 Å². The fourth-order valence-corrected chi connectivity index (χ4v) is 10.6. The predicted molar refractivity (Wildman–Crippen MR) is 339 cm³/mol. The van der Waals surface area contributed by atoms with E-state index in [0.717, 1.165) is 70.6 Å². The molecule has 0 N–H and O–H groups in total. The molecule has 0 bridgehead atoms. The molecule has 0 aromatic rings. The lowest BCUT2D eigenvalue weighted by Crippen LogP contribution is -2.30. The highest BCUT2D eigenvalue weighted by Crippen LogP contribution is 2.18. The Kier molecular flexibility index (Phi) is 65.1. The molecular formula is C72H134O6. The van der Waals surface area contributed by atoms with Gasteiger partial charge >= 0.3 is 17.9 Å². The summed E-state index contributed by atoms with van der Waals surface area (Å²) in [6, 6.07) is 0. The maximum atomic E-state index is 12.9. The first kappa shape index (κ1) is 75.6. The highest BCUT2D eigenvalue weighted by Gasteiger charge is 2.19. The monoisotopic (exact) mass is 1100 g/mol. The molecular weight excluding hydrogens is 961 g/mol. The topological polar surface area (TPSA) is 78.9 Å². The van der Waals surface area contributed by atoms with E-state index in [1.54, 1.807) is 0 Å². The lowest BCUT2D eigenvalue weighted by Gasteiger charge is -2.18. The first-order chi connectivity index (χ1) is 38.5. The zero-order valence-corrected chi connectivity index (χ0v) is 52.7. The summed E-state index contributed by atoms with van der Waals surface area (Å²) in [6.07, 6.45) is 83.3. The van der Waals surface area contributed by atoms with Gasteiger partial charge in [-0.3, -0.25) is 14.4 Å². The second-order valence-electron chi connectivity index (χ2n) is 23.8. The van der Waals surface area contributed by atoms with Crippen LogP contribution >= 0.6 is 0 Å². The highest BCUT2D eigenvalue weighted by atomic mass is 16.6. The highest BCUT2D eigenvalue weighted by molar-refractivity contribution is 5.71. The zero-order valence-electron chi connectivity index (χ0n) is 52.7. The first-order valence-corrected chi connectivity index (χ1v) is 35.0. The third-order valence-corrected chi connectivity index (χ3v) is 15.9. The van der Waals surface area contributed by atoms with Gasteiger partial charge in [-0.15, -0.1) is 0 Å². The SMILES string of the molecule is CCCCCCC/C=C\C/C=C\CCCCCCCCCCCCCCCCCCCCCCCC(=O)OCC(COC(=O)CCCCCCCCCCCCC)OC(=O)CCCCCCC/C=C\CCCCCCCCC. The van der Waals surface area contributed by atoms with Gasteiger partial charge in [0.2, 0.25) is 0 Å². The van der Waals surface area contributed by atoms with E-state index < -0.39 is 6.10 Å². The zero-order chi connectivity index (χ0) is 56.4. The van der Waals surface area contributed by atoms with Crippen LogP contribution < -0.4 is 0 Å². The molecule has 0 saturated carbocycles. The molecule has 78 heavy (non-hydrogen) atoms. The minimum absolute atomic E-state index is 0.0694. The van der Waals surface area contributed by atoms with Gasteiger partial charge in [-0.25, -0.2) is 0 Å². The molecule has 0 amide bonds. The Morgan fingerprint density at radius 2 is 0.462 bits per heavy atom. The number of rotatable bonds is 65. The lowest BCUT2D eigenvalue weighted by atomic mass is 10.0. The molecule has 0 spiro atoms. The molecule has 0 aliphatic rings. The van der Waals surface area contributed by atoms with Gasteiger partial charge in [-0.2, -0.15) is 0 Å². The van der Waals surface area contributed by atoms with E-state index in [9.17, 15) is 14.4 Å². The Morgan fingerprint density at radius 3 is 0.718 bits per heavy atom. The van der Waals surface area contributed by atoms with E-state index in [1.807, 2.05) is 0 Å². The van der Waals surface area contributed by atoms with E-state index in [4.69, 9.17) is 14.2 Å². The summed E-state index contributed by atoms with van der Waals surface area (Å²) in [4.78, 5) is 38.3. The van der Waals surface area contributed by atoms with Crippen LogP contribution in [0.25, 0.3) is 0 Å². The Bertz CT molecular complexity index is 1300. The van der Waals surface area contributed by atoms with E-state index in [2.05, 4.69) is 57.2 Å². The van der Waals surface area contributed by atoms with Crippen molar-refractivity contribution >= 4 is 17.9 Å². The standard InChI is InChI=1S/C72H134O6/c1-4-7-10-13-16-19-22-24-26-28-29-30-31-32-33-34-35-36-37-38-39-40-41-42-43-44-46-47-50-53-56-59-62-65-71(74)77-68-69(67-76-70(73)64-61-58-55-52-49-21-18-15-12-9-6-3)78-72(75)66-63-60-57-54-51-48-45-27-25-23-20-17-14-11-8-5-2/h22,24,27-29,45,69H,4-21,23,25-26,30-44,46-68H2,1-3H3/b24-22-,29-28-,45-27-. The number of allylic oxidation sites excluding steroid dienone is 6. The van der Waals surface area contributed by atoms with Crippen molar-refractivity contribution in [2.45, 2.75) is 393 Å². The number of hydrogen-bond acceptors (Lipinski definition) is 6. The molecule has 6 nitrogen and oxygen atoms in total. The van der Waals surface area contributed by atoms with Crippen molar-refractivity contribution < 1.29 is 28.6 Å². The van der Waals surface area contributed by atoms with Crippen LogP contribution in [0.3, 0.4) is 0 Å². The van der Waals surface area contributed by atoms with Crippen molar-refractivity contribution in [2.24, 2.45) is 0 Å². The Labute approximate surface area is 486 Å². The number of carbonyl (C=O) groups excluding carboxylic acids is 3. The Balaban J connectivity index is 4.06. The van der Waals surface area contributed by atoms with Crippen molar-refractivity contribution in [3.8, 4) is 0 Å². The van der Waals surface area contributed by atoms with E-state index >= 15 is 0 Å². The van der Waals surface area contributed by atoms with Gasteiger partial charge in [0.25, 0.3) is 0 Å². The molecule has 1 atom stereocenters. The third-order valence-electron chi connectivity index (χ3n) is 15.9. The molecule has 0 saturated heterocycles. The van der Waals surface area contributed by atoms with Crippen molar-refractivity contribution in [2.75, 3.05) is 13.2 Å². The van der Waals surface area contributed by atoms with Gasteiger partial charge in [0.15, 0.2) is 6.10 Å². The number of hydrogen-bond donors (Lipinski definition) is 0. The fourth-order valence-electron chi connectivity index (χ4n) is 10.6. The Hall–Kier alpha value is -2.37. The van der Waals surface area contributed by atoms with Gasteiger partial charge in [0.05, 0.1) is 0 Å². The van der Waals surface area contributed by atoms with Crippen LogP contribution in [-0.4, -0.2) is 37.2 Å². The van der Waals surface area contributed by atoms with Crippen LogP contribution in [0, 0.1) is 0 Å². The number of esters is 3. The predicted octanol–water partition coefficient (Wildman–Crippen LogP) is 23.9. The van der Waals surface area contributed by atoms with Crippen LogP contribution in [0.1, 0.15) is 387 Å². The normalized spacial score (nSPS) is 12.2. The summed E-state index contributed by atoms with van der Waals surface area (Å²) in [5.74, 6) is -0.853. The van der Waals surface area contributed by atoms with Crippen LogP contribution in [0.2, 0.25) is 0 Å². The number of unbranched alkanes of at least 4 members (excludes halogenated alkanes) is 48. The van der Waals surface area contributed by atoms with Gasteiger partial charge < -0.3 is 14.2 Å². The molecule has 0 aliphatic heterocycles. The molecule has 0 aromatic carbocycles. The largest absolute Gasteiger partial charge is 0.462 e. The molecule has 0 radical (unpaired) electrons. The molecule has 458 valence electrons. The number of carbonyl (C=O) groups is 3. The third kappa shape index (κ3) is 64.5. The van der Waals surface area contributed by atoms with Crippen LogP contribution in [0.15, 0.2) is 36.5 Å². The van der Waals surface area contributed by atoms with Gasteiger partial charge in [0, 0.05) is 19.3 Å². The lowest BCUT2D eigenvalue weighted by molar-refractivity contribution is -0.167. The molecule has 0 fully saturated rings. The van der Waals surface area contributed by atoms with Crippen molar-refractivity contribution in [3.63, 3.8) is 0 Å². The summed E-state index contributed by atoms with van der Waals surface area (Å²) >= 11 is 0. The first-order valence-electron chi connectivity index (χ1n) is 35.0. The number of ether oxygens (including phenoxy) is 3. The van der Waals surface area contributed by atoms with Gasteiger partial charge in [0.1, 0.15) is 13.2 Å². The molecule has 0 rings (SSSR count). The maximum Gasteiger partial charge on any atom is 0.306 e. The summed E-state index contributed by atoms with van der Waals surface area (Å²) in [5, 5.41) is 0. The smallest absolute Gasteiger partial charge is 0.306 e. The van der Waals surface area contributed by atoms with E-state index in [1.165, 1.54) is 276 Å². The Morgan fingerprint density at radius 1 is 0.256 bits per heavy atom. The van der Waals surface area contributed by atoms with Crippen LogP contribution in [0.4, 0.5) is 0 Å². The summed E-state index contributed by atoms with van der Waals surface area (Å²) < 4.78 is 16.9. The summed E-state index contributed by atoms with van der Waals surface area (Å²) in [5.41, 5.74) is 0. The van der Waals surface area contributed by atoms with E-state index in [0.29, 0.717) is 19.3 Å². The van der Waals surface area contributed by atoms with Crippen molar-refractivity contribution in [1.29, 1.82) is 0 Å². The minimum atomic E-state index is -0.772. The average molecular weight is 1100 g/mol. The molecule has 0 heterocycles. The van der Waals surface area contributed by atoms with Crippen molar-refractivity contribution in [1.82, 2.24) is 0 Å². The second kappa shape index (κ2) is 67.1. The average Bonchev–Trinajstić information content (AvgIpc) is 3.44. The van der Waals surface area contributed by atoms with E-state index in [-0.39, 0.29) is 31.1 Å². The second-order valence-corrected chi connectivity index (χ2v) is 23.8. The summed E-state index contributed by atoms with van der Waals surface area (Å²) in [6.45, 7) is 6.67. The molecule has 1 unspecified atom stereocenters. The fraction of sp³-hybridized carbons (Fsp3) is 0.875. The molecule has 0 aromatic heterocycles.